The van der Waals surface area contributed by atoms with E-state index in [1.165, 1.54) is 11.8 Å². The zero-order valence-electron chi connectivity index (χ0n) is 52.4. The van der Waals surface area contributed by atoms with Crippen molar-refractivity contribution in [2.24, 2.45) is 5.41 Å². The molecule has 3 atom stereocenters. The van der Waals surface area contributed by atoms with Gasteiger partial charge in [-0.1, -0.05) is 63.1 Å². The second-order valence-corrected chi connectivity index (χ2v) is 25.0. The van der Waals surface area contributed by atoms with E-state index < -0.39 is 41.3 Å². The number of pyridine rings is 2. The fourth-order valence-electron chi connectivity index (χ4n) is 11.5. The van der Waals surface area contributed by atoms with E-state index in [-0.39, 0.29) is 74.4 Å². The van der Waals surface area contributed by atoms with Crippen LogP contribution in [0.2, 0.25) is 0 Å². The SMILES string of the molecule is CC(=O)c1c(C)c2cnc(Nc3ccc(N4CCN(Cc5cn(CCOCCOCCOCCOCCNC(=O)CCC(=O)NC(C(=O)N6CC(O)CC6C(=O)NCc6ccc(-c7scnc7C)cc6)C(C)(C)C)nn5)CC4)cn3)nc2n(C2CCCC2)c1=O. The largest absolute Gasteiger partial charge is 0.391 e. The van der Waals surface area contributed by atoms with Crippen molar-refractivity contribution in [1.82, 2.24) is 65.2 Å². The first-order chi connectivity index (χ1) is 43.4. The Hall–Kier alpha value is -7.66. The summed E-state index contributed by atoms with van der Waals surface area (Å²) >= 11 is 1.56. The summed E-state index contributed by atoms with van der Waals surface area (Å²) in [7, 11) is 0. The summed E-state index contributed by atoms with van der Waals surface area (Å²) in [6.45, 7) is 18.6. The number of ketones is 1. The fraction of sp³-hybridized carbons (Fsp3) is 0.556. The molecule has 0 radical (unpaired) electrons. The summed E-state index contributed by atoms with van der Waals surface area (Å²) in [5.74, 6) is -1.04. The van der Waals surface area contributed by atoms with Crippen molar-refractivity contribution in [2.75, 3.05) is 102 Å². The molecular weight excluding hydrogens is 1170 g/mol. The molecule has 2 aliphatic heterocycles. The van der Waals surface area contributed by atoms with Gasteiger partial charge in [0.2, 0.25) is 29.6 Å². The number of aliphatic hydroxyl groups excluding tert-OH is 1. The number of anilines is 3. The first-order valence-corrected chi connectivity index (χ1v) is 31.9. The van der Waals surface area contributed by atoms with Gasteiger partial charge in [0.15, 0.2) is 5.78 Å². The fourth-order valence-corrected chi connectivity index (χ4v) is 12.3. The van der Waals surface area contributed by atoms with Gasteiger partial charge in [0.05, 0.1) is 105 Å². The minimum Gasteiger partial charge on any atom is -0.391 e. The predicted molar refractivity (Wildman–Crippen MR) is 338 cm³/mol. The number of nitrogens with one attached hydrogen (secondary N) is 4. The molecule has 5 aromatic heterocycles. The lowest BCUT2D eigenvalue weighted by molar-refractivity contribution is -0.144. The molecule has 0 spiro atoms. The summed E-state index contributed by atoms with van der Waals surface area (Å²) in [6.07, 6.45) is 8.20. The predicted octanol–water partition coefficient (Wildman–Crippen LogP) is 4.67. The lowest BCUT2D eigenvalue weighted by atomic mass is 9.85. The van der Waals surface area contributed by atoms with Crippen LogP contribution in [0.3, 0.4) is 0 Å². The molecule has 484 valence electrons. The molecule has 1 aliphatic carbocycles. The number of aryl methyl sites for hydroxylation is 2. The Morgan fingerprint density at radius 3 is 2.16 bits per heavy atom. The number of β-amino-alcohol motifs (C(OH)–C–C–N with tert-alkyl or cyclic N) is 1. The van der Waals surface area contributed by atoms with Crippen molar-refractivity contribution < 1.29 is 48.0 Å². The van der Waals surface area contributed by atoms with Gasteiger partial charge in [0, 0.05) is 95.4 Å². The second-order valence-electron chi connectivity index (χ2n) is 24.1. The molecule has 2 saturated heterocycles. The Morgan fingerprint density at radius 2 is 1.50 bits per heavy atom. The van der Waals surface area contributed by atoms with Gasteiger partial charge in [-0.15, -0.1) is 16.4 Å². The number of thiazole rings is 1. The zero-order chi connectivity index (χ0) is 63.7. The van der Waals surface area contributed by atoms with Crippen LogP contribution in [-0.4, -0.2) is 194 Å². The van der Waals surface area contributed by atoms with E-state index in [2.05, 4.69) is 56.3 Å². The number of aliphatic hydroxyl groups is 1. The number of carbonyl (C=O) groups excluding carboxylic acids is 5. The molecule has 7 heterocycles. The van der Waals surface area contributed by atoms with Crippen LogP contribution in [0.1, 0.15) is 112 Å². The molecular formula is C63H85N15O11S. The molecule has 3 fully saturated rings. The van der Waals surface area contributed by atoms with E-state index in [9.17, 15) is 33.9 Å². The number of carbonyl (C=O) groups is 5. The molecule has 5 N–H and O–H groups in total. The Bertz CT molecular complexity index is 3450. The van der Waals surface area contributed by atoms with Gasteiger partial charge in [-0.25, -0.2) is 19.6 Å². The number of ether oxygens (including phenoxy) is 4. The van der Waals surface area contributed by atoms with Crippen molar-refractivity contribution in [3.8, 4) is 10.4 Å². The van der Waals surface area contributed by atoms with Gasteiger partial charge in [-0.05, 0) is 67.9 Å². The highest BCUT2D eigenvalue weighted by molar-refractivity contribution is 7.13. The van der Waals surface area contributed by atoms with Crippen LogP contribution in [-0.2, 0) is 57.8 Å². The van der Waals surface area contributed by atoms with Crippen LogP contribution in [0.15, 0.2) is 65.3 Å². The van der Waals surface area contributed by atoms with Crippen LogP contribution in [0.25, 0.3) is 21.5 Å². The third-order valence-corrected chi connectivity index (χ3v) is 17.4. The maximum absolute atomic E-state index is 14.0. The highest BCUT2D eigenvalue weighted by atomic mass is 32.1. The van der Waals surface area contributed by atoms with Gasteiger partial charge in [-0.3, -0.25) is 38.2 Å². The summed E-state index contributed by atoms with van der Waals surface area (Å²) in [5, 5.41) is 31.6. The Morgan fingerprint density at radius 1 is 0.811 bits per heavy atom. The number of amides is 4. The molecule has 0 bridgehead atoms. The molecule has 1 saturated carbocycles. The summed E-state index contributed by atoms with van der Waals surface area (Å²) in [4.78, 5) is 105. The van der Waals surface area contributed by atoms with E-state index in [0.717, 1.165) is 84.9 Å². The Kier molecular flexibility index (Phi) is 23.6. The summed E-state index contributed by atoms with van der Waals surface area (Å²) in [5.41, 5.74) is 6.89. The average Bonchev–Trinajstić information content (AvgIpc) is 0.847. The number of aromatic nitrogens is 8. The number of Topliss-reactive ketones (excluding diaryl/α,β-unsaturated/α-hetero) is 1. The van der Waals surface area contributed by atoms with E-state index in [4.69, 9.17) is 23.9 Å². The summed E-state index contributed by atoms with van der Waals surface area (Å²) < 4.78 is 26.0. The molecule has 90 heavy (non-hydrogen) atoms. The van der Waals surface area contributed by atoms with Gasteiger partial charge in [0.25, 0.3) is 5.56 Å². The first kappa shape index (κ1) is 66.8. The lowest BCUT2D eigenvalue weighted by Gasteiger charge is -2.35. The van der Waals surface area contributed by atoms with Gasteiger partial charge in [0.1, 0.15) is 23.5 Å². The zero-order valence-corrected chi connectivity index (χ0v) is 53.2. The number of nitrogens with zero attached hydrogens (tertiary/aromatic N) is 11. The van der Waals surface area contributed by atoms with Crippen molar-refractivity contribution in [2.45, 2.75) is 130 Å². The molecule has 6 aromatic rings. The molecule has 26 nitrogen and oxygen atoms in total. The highest BCUT2D eigenvalue weighted by Crippen LogP contribution is 2.33. The van der Waals surface area contributed by atoms with Crippen LogP contribution in [0.4, 0.5) is 17.5 Å². The van der Waals surface area contributed by atoms with E-state index in [1.54, 1.807) is 60.0 Å². The van der Waals surface area contributed by atoms with Crippen molar-refractivity contribution in [1.29, 1.82) is 0 Å². The third kappa shape index (κ3) is 18.1. The third-order valence-electron chi connectivity index (χ3n) is 16.4. The monoisotopic (exact) mass is 1260 g/mol. The van der Waals surface area contributed by atoms with Crippen LogP contribution < -0.4 is 31.7 Å². The molecule has 9 rings (SSSR count). The van der Waals surface area contributed by atoms with Crippen molar-refractivity contribution >= 4 is 69.2 Å². The van der Waals surface area contributed by atoms with Gasteiger partial charge >= 0.3 is 0 Å². The lowest BCUT2D eigenvalue weighted by Crippen LogP contribution is -2.57. The van der Waals surface area contributed by atoms with Crippen LogP contribution in [0.5, 0.6) is 0 Å². The number of benzene rings is 1. The average molecular weight is 1260 g/mol. The van der Waals surface area contributed by atoms with E-state index in [1.807, 2.05) is 55.7 Å². The molecule has 3 unspecified atom stereocenters. The van der Waals surface area contributed by atoms with E-state index in [0.29, 0.717) is 87.7 Å². The van der Waals surface area contributed by atoms with Crippen molar-refractivity contribution in [3.05, 3.63) is 98.9 Å². The topological polar surface area (TPSA) is 305 Å². The Balaban J connectivity index is 0.570. The molecule has 1 aromatic carbocycles. The van der Waals surface area contributed by atoms with E-state index >= 15 is 0 Å². The molecule has 27 heteroatoms. The van der Waals surface area contributed by atoms with Crippen molar-refractivity contribution in [3.63, 3.8) is 0 Å². The maximum Gasteiger partial charge on any atom is 0.263 e. The van der Waals surface area contributed by atoms with Crippen LogP contribution >= 0.6 is 11.3 Å². The number of rotatable bonds is 31. The quantitative estimate of drug-likeness (QED) is 0.0292. The number of hydrogen-bond donors (Lipinski definition) is 5. The normalized spacial score (nSPS) is 16.8. The summed E-state index contributed by atoms with van der Waals surface area (Å²) in [6, 6.07) is 9.82. The number of fused-ring (bicyclic) bond motifs is 1. The number of likely N-dealkylation sites (tertiary alicyclic amines) is 1. The maximum atomic E-state index is 14.0. The minimum absolute atomic E-state index is 0.00379. The molecule has 4 amide bonds. The highest BCUT2D eigenvalue weighted by Gasteiger charge is 2.44. The molecule has 3 aliphatic rings. The standard InChI is InChI=1S/C63H85N15O11S/c1-41-50-36-67-62(71-58(50)78(47-9-7-8-10-47)60(84)55(41)43(3)79)69-52-16-15-48(35-65-52)75-22-20-74(21-23-75)37-46-38-76(73-72-46)24-26-87-28-30-89-32-31-88-29-27-86-25-19-64-53(81)17-18-54(82)70-57(63(4,5)6)61(85)77-39-49(80)33-51(77)59(83)66-34-44-11-13-45(14-12-44)56-42(2)68-40-90-56/h11-16,35-36,38,40,47,49,51,57,80H,7-10,17-34,37,39H2,1-6H3,(H,64,81)(H,66,83)(H,70,82)(H,65,67,69,71). The number of hydrogen-bond acceptors (Lipinski definition) is 21. The second kappa shape index (κ2) is 31.9. The van der Waals surface area contributed by atoms with Crippen LogP contribution in [0, 0.1) is 19.3 Å². The van der Waals surface area contributed by atoms with Gasteiger partial charge in [-0.2, -0.15) is 4.98 Å². The Labute approximate surface area is 527 Å². The minimum atomic E-state index is -1.01. The van der Waals surface area contributed by atoms with Gasteiger partial charge < -0.3 is 55.1 Å². The smallest absolute Gasteiger partial charge is 0.263 e. The first-order valence-electron chi connectivity index (χ1n) is 31.0. The number of piperazine rings is 1.